The summed E-state index contributed by atoms with van der Waals surface area (Å²) in [5, 5.41) is 21.5. The summed E-state index contributed by atoms with van der Waals surface area (Å²) in [6, 6.07) is 0. The molecule has 11 nitrogen and oxygen atoms in total. The molecule has 5 heterocycles. The fraction of sp³-hybridized carbons (Fsp3) is 0.455. The summed E-state index contributed by atoms with van der Waals surface area (Å²) in [5.41, 5.74) is 0. The quantitative estimate of drug-likeness (QED) is 0.252. The van der Waals surface area contributed by atoms with Gasteiger partial charge in [-0.3, -0.25) is 0 Å². The van der Waals surface area contributed by atoms with Crippen molar-refractivity contribution in [3.8, 4) is 0 Å². The van der Waals surface area contributed by atoms with E-state index < -0.39 is 0 Å². The molecular formula is C22H32N8O3S2. The van der Waals surface area contributed by atoms with Crippen molar-refractivity contribution in [3.63, 3.8) is 0 Å². The van der Waals surface area contributed by atoms with Crippen LogP contribution in [0.4, 0.5) is 0 Å². The molecule has 190 valence electrons. The lowest BCUT2D eigenvalue weighted by Gasteiger charge is -1.73. The molecule has 35 heavy (non-hydrogen) atoms. The van der Waals surface area contributed by atoms with Crippen molar-refractivity contribution in [1.82, 2.24) is 40.5 Å². The normalized spacial score (nSPS) is 9.43. The monoisotopic (exact) mass is 520 g/mol. The molecule has 0 unspecified atom stereocenters. The Hall–Kier alpha value is -3.32. The SMILES string of the molecule is Cc1cnc(C)o1.Cc1cnc(C)s1.Cc1nnc(C)o1.Cc1nnc(C)s1.Cc1noc(C)n1. The van der Waals surface area contributed by atoms with Gasteiger partial charge in [0, 0.05) is 38.8 Å². The summed E-state index contributed by atoms with van der Waals surface area (Å²) in [7, 11) is 0. The summed E-state index contributed by atoms with van der Waals surface area (Å²) in [6.45, 7) is 18.8. The van der Waals surface area contributed by atoms with Gasteiger partial charge in [0.25, 0.3) is 0 Å². The molecule has 0 saturated heterocycles. The number of aromatic nitrogens is 8. The first kappa shape index (κ1) is 29.7. The maximum atomic E-state index is 4.97. The lowest BCUT2D eigenvalue weighted by Crippen LogP contribution is -1.70. The molecule has 0 aromatic carbocycles. The first-order chi connectivity index (χ1) is 16.4. The van der Waals surface area contributed by atoms with Crippen molar-refractivity contribution in [1.29, 1.82) is 0 Å². The third kappa shape index (κ3) is 14.5. The second-order valence-electron chi connectivity index (χ2n) is 7.02. The first-order valence-electron chi connectivity index (χ1n) is 10.5. The molecule has 13 heteroatoms. The van der Waals surface area contributed by atoms with Crippen LogP contribution in [0.5, 0.6) is 0 Å². The van der Waals surface area contributed by atoms with E-state index in [-0.39, 0.29) is 0 Å². The van der Waals surface area contributed by atoms with Crippen LogP contribution in [-0.2, 0) is 0 Å². The highest BCUT2D eigenvalue weighted by molar-refractivity contribution is 7.11. The molecule has 5 aromatic rings. The van der Waals surface area contributed by atoms with Crippen molar-refractivity contribution in [2.75, 3.05) is 0 Å². The van der Waals surface area contributed by atoms with Gasteiger partial charge in [-0.2, -0.15) is 4.98 Å². The molecular weight excluding hydrogens is 488 g/mol. The maximum absolute atomic E-state index is 4.97. The van der Waals surface area contributed by atoms with E-state index in [0.29, 0.717) is 23.5 Å². The molecule has 0 fully saturated rings. The summed E-state index contributed by atoms with van der Waals surface area (Å²) in [6.07, 6.45) is 3.59. The zero-order chi connectivity index (χ0) is 26.4. The van der Waals surface area contributed by atoms with Crippen LogP contribution in [0.15, 0.2) is 25.8 Å². The van der Waals surface area contributed by atoms with Gasteiger partial charge in [-0.1, -0.05) is 5.16 Å². The van der Waals surface area contributed by atoms with Crippen LogP contribution in [0.3, 0.4) is 0 Å². The average Bonchev–Trinajstić information content (AvgIpc) is 3.59. The number of rotatable bonds is 0. The minimum Gasteiger partial charge on any atom is -0.446 e. The van der Waals surface area contributed by atoms with Crippen molar-refractivity contribution >= 4 is 22.7 Å². The van der Waals surface area contributed by atoms with E-state index in [9.17, 15) is 0 Å². The van der Waals surface area contributed by atoms with Crippen molar-refractivity contribution in [3.05, 3.63) is 67.4 Å². The van der Waals surface area contributed by atoms with E-state index in [2.05, 4.69) is 52.0 Å². The van der Waals surface area contributed by atoms with Gasteiger partial charge in [-0.15, -0.1) is 43.1 Å². The third-order valence-electron chi connectivity index (χ3n) is 3.36. The van der Waals surface area contributed by atoms with Crippen molar-refractivity contribution in [2.24, 2.45) is 0 Å². The highest BCUT2D eigenvalue weighted by Gasteiger charge is 1.91. The Balaban J connectivity index is 0.000000219. The standard InChI is InChI=1S/C5H7NO.C5H7NS.2C4H6N2O.C4H6N2S/c2*1-4-3-6-5(2)7-4;1-3-5-6-4(2)7-3;1-3-5-4(2)7-6-3;1-3-5-6-4(2)7-3/h2*3H,1-2H3;3*1-2H3. The van der Waals surface area contributed by atoms with Crippen molar-refractivity contribution < 1.29 is 13.4 Å². The summed E-state index contributed by atoms with van der Waals surface area (Å²) in [5.74, 6) is 4.17. The zero-order valence-electron chi connectivity index (χ0n) is 21.8. The molecule has 0 bridgehead atoms. The molecule has 0 spiro atoms. The number of oxazole rings is 1. The summed E-state index contributed by atoms with van der Waals surface area (Å²) >= 11 is 3.35. The van der Waals surface area contributed by atoms with E-state index in [0.717, 1.165) is 26.7 Å². The fourth-order valence-electron chi connectivity index (χ4n) is 2.13. The molecule has 0 N–H and O–H groups in total. The Morgan fingerprint density at radius 3 is 1.31 bits per heavy atom. The van der Waals surface area contributed by atoms with Gasteiger partial charge in [0.05, 0.1) is 11.2 Å². The number of hydrogen-bond acceptors (Lipinski definition) is 13. The number of nitrogens with zero attached hydrogens (tertiary/aromatic N) is 8. The second kappa shape index (κ2) is 15.6. The van der Waals surface area contributed by atoms with Crippen LogP contribution >= 0.6 is 22.7 Å². The minimum absolute atomic E-state index is 0.623. The Morgan fingerprint density at radius 2 is 1.17 bits per heavy atom. The highest BCUT2D eigenvalue weighted by Crippen LogP contribution is 2.08. The van der Waals surface area contributed by atoms with Crippen LogP contribution in [-0.4, -0.2) is 40.5 Å². The van der Waals surface area contributed by atoms with E-state index in [1.807, 2.05) is 40.8 Å². The van der Waals surface area contributed by atoms with Crippen LogP contribution in [0.2, 0.25) is 0 Å². The van der Waals surface area contributed by atoms with Crippen molar-refractivity contribution in [2.45, 2.75) is 69.2 Å². The Morgan fingerprint density at radius 1 is 0.571 bits per heavy atom. The van der Waals surface area contributed by atoms with E-state index in [1.54, 1.807) is 56.6 Å². The molecule has 0 atom stereocenters. The molecule has 0 aliphatic carbocycles. The van der Waals surface area contributed by atoms with E-state index in [1.165, 1.54) is 4.88 Å². The fourth-order valence-corrected chi connectivity index (χ4v) is 3.39. The molecule has 0 aliphatic rings. The van der Waals surface area contributed by atoms with Gasteiger partial charge < -0.3 is 13.4 Å². The summed E-state index contributed by atoms with van der Waals surface area (Å²) < 4.78 is 14.4. The first-order valence-corrected chi connectivity index (χ1v) is 12.2. The molecule has 5 aromatic heterocycles. The van der Waals surface area contributed by atoms with Gasteiger partial charge in [0.2, 0.25) is 17.7 Å². The Bertz CT molecular complexity index is 934. The predicted octanol–water partition coefficient (Wildman–Crippen LogP) is 5.58. The van der Waals surface area contributed by atoms with Gasteiger partial charge in [0.1, 0.15) is 15.8 Å². The van der Waals surface area contributed by atoms with Crippen LogP contribution < -0.4 is 0 Å². The lowest BCUT2D eigenvalue weighted by molar-refractivity contribution is 0.389. The summed E-state index contributed by atoms with van der Waals surface area (Å²) in [4.78, 5) is 13.0. The molecule has 5 rings (SSSR count). The predicted molar refractivity (Wildman–Crippen MR) is 134 cm³/mol. The smallest absolute Gasteiger partial charge is 0.223 e. The van der Waals surface area contributed by atoms with Gasteiger partial charge in [0.15, 0.2) is 11.7 Å². The van der Waals surface area contributed by atoms with Crippen LogP contribution in [0.25, 0.3) is 0 Å². The molecule has 0 saturated carbocycles. The second-order valence-corrected chi connectivity index (χ2v) is 9.85. The molecule has 0 aliphatic heterocycles. The van der Waals surface area contributed by atoms with Gasteiger partial charge in [-0.05, 0) is 41.5 Å². The third-order valence-corrected chi connectivity index (χ3v) is 4.94. The topological polar surface area (TPSA) is 143 Å². The van der Waals surface area contributed by atoms with Crippen LogP contribution in [0.1, 0.15) is 55.0 Å². The lowest BCUT2D eigenvalue weighted by atomic mass is 10.6. The van der Waals surface area contributed by atoms with Crippen LogP contribution in [0, 0.1) is 69.2 Å². The van der Waals surface area contributed by atoms with Gasteiger partial charge >= 0.3 is 0 Å². The van der Waals surface area contributed by atoms with E-state index in [4.69, 9.17) is 8.83 Å². The average molecular weight is 521 g/mol. The Kier molecular flexibility index (Phi) is 13.2. The Labute approximate surface area is 213 Å². The number of aryl methyl sites for hydroxylation is 10. The molecule has 0 radical (unpaired) electrons. The number of thiazole rings is 1. The number of hydrogen-bond donors (Lipinski definition) is 0. The zero-order valence-corrected chi connectivity index (χ0v) is 23.4. The van der Waals surface area contributed by atoms with E-state index >= 15 is 0 Å². The minimum atomic E-state index is 0.623. The maximum Gasteiger partial charge on any atom is 0.223 e. The largest absolute Gasteiger partial charge is 0.446 e. The molecule has 0 amide bonds. The van der Waals surface area contributed by atoms with Gasteiger partial charge in [-0.25, -0.2) is 9.97 Å². The highest BCUT2D eigenvalue weighted by atomic mass is 32.1.